The third-order valence-electron chi connectivity index (χ3n) is 5.02. The van der Waals surface area contributed by atoms with Gasteiger partial charge in [-0.05, 0) is 37.5 Å². The molecule has 2 saturated heterocycles. The summed E-state index contributed by atoms with van der Waals surface area (Å²) in [6.45, 7) is 7.02. The lowest BCUT2D eigenvalue weighted by Crippen LogP contribution is -2.55. The van der Waals surface area contributed by atoms with Gasteiger partial charge in [0, 0.05) is 45.4 Å². The number of carbonyl (C=O) groups is 1. The van der Waals surface area contributed by atoms with Gasteiger partial charge in [0.05, 0.1) is 6.04 Å². The van der Waals surface area contributed by atoms with Crippen LogP contribution in [-0.4, -0.2) is 66.4 Å². The van der Waals surface area contributed by atoms with Crippen molar-refractivity contribution in [2.75, 3.05) is 39.4 Å². The Balaban J connectivity index is 1.48. The number of phenols is 1. The van der Waals surface area contributed by atoms with Crippen LogP contribution in [0, 0.1) is 0 Å². The average molecular weight is 333 g/mol. The molecule has 0 radical (unpaired) electrons. The third-order valence-corrected chi connectivity index (χ3v) is 5.02. The monoisotopic (exact) mass is 333 g/mol. The molecule has 0 saturated carbocycles. The fourth-order valence-electron chi connectivity index (χ4n) is 3.49. The van der Waals surface area contributed by atoms with E-state index in [0.29, 0.717) is 6.04 Å². The number of urea groups is 1. The normalized spacial score (nSPS) is 21.5. The maximum Gasteiger partial charge on any atom is 0.317 e. The van der Waals surface area contributed by atoms with Crippen molar-refractivity contribution in [3.8, 4) is 5.75 Å². The molecule has 6 nitrogen and oxygen atoms in total. The predicted molar refractivity (Wildman–Crippen MR) is 92.0 cm³/mol. The van der Waals surface area contributed by atoms with Crippen LogP contribution in [0.3, 0.4) is 0 Å². The molecule has 1 aromatic carbocycles. The Morgan fingerprint density at radius 1 is 1.25 bits per heavy atom. The second-order valence-electron chi connectivity index (χ2n) is 6.63. The van der Waals surface area contributed by atoms with E-state index in [1.165, 1.54) is 0 Å². The lowest BCUT2D eigenvalue weighted by Gasteiger charge is -2.40. The maximum absolute atomic E-state index is 12.5. The van der Waals surface area contributed by atoms with E-state index in [9.17, 15) is 9.90 Å². The highest BCUT2D eigenvalue weighted by Gasteiger charge is 2.27. The quantitative estimate of drug-likeness (QED) is 0.887. The van der Waals surface area contributed by atoms with E-state index in [4.69, 9.17) is 4.74 Å². The van der Waals surface area contributed by atoms with Crippen molar-refractivity contribution in [1.29, 1.82) is 0 Å². The van der Waals surface area contributed by atoms with Crippen molar-refractivity contribution in [3.05, 3.63) is 29.8 Å². The Bertz CT molecular complexity index is 552. The minimum absolute atomic E-state index is 0.0301. The minimum Gasteiger partial charge on any atom is -0.508 e. The minimum atomic E-state index is -0.127. The van der Waals surface area contributed by atoms with Crippen LogP contribution < -0.4 is 5.32 Å². The molecule has 6 heteroatoms. The smallest absolute Gasteiger partial charge is 0.317 e. The Hall–Kier alpha value is -1.79. The van der Waals surface area contributed by atoms with Crippen molar-refractivity contribution < 1.29 is 14.6 Å². The Morgan fingerprint density at radius 3 is 2.62 bits per heavy atom. The molecule has 0 aromatic heterocycles. The summed E-state index contributed by atoms with van der Waals surface area (Å²) in [7, 11) is 0. The van der Waals surface area contributed by atoms with E-state index in [0.717, 1.165) is 57.8 Å². The number of aromatic hydroxyl groups is 1. The van der Waals surface area contributed by atoms with Crippen molar-refractivity contribution >= 4 is 6.03 Å². The highest BCUT2D eigenvalue weighted by molar-refractivity contribution is 5.74. The van der Waals surface area contributed by atoms with Gasteiger partial charge < -0.3 is 20.1 Å². The summed E-state index contributed by atoms with van der Waals surface area (Å²) in [6.07, 6.45) is 2.20. The van der Waals surface area contributed by atoms with E-state index in [-0.39, 0.29) is 17.8 Å². The first-order valence-corrected chi connectivity index (χ1v) is 8.79. The molecular weight excluding hydrogens is 306 g/mol. The molecule has 0 aliphatic carbocycles. The lowest BCUT2D eigenvalue weighted by atomic mass is 10.1. The fourth-order valence-corrected chi connectivity index (χ4v) is 3.49. The zero-order valence-corrected chi connectivity index (χ0v) is 14.3. The first-order chi connectivity index (χ1) is 11.6. The molecule has 1 atom stereocenters. The van der Waals surface area contributed by atoms with Crippen molar-refractivity contribution in [1.82, 2.24) is 15.1 Å². The number of hydrogen-bond donors (Lipinski definition) is 2. The largest absolute Gasteiger partial charge is 0.508 e. The number of nitrogens with one attached hydrogen (secondary N) is 1. The van der Waals surface area contributed by atoms with Crippen LogP contribution in [0.5, 0.6) is 5.75 Å². The van der Waals surface area contributed by atoms with Gasteiger partial charge in [-0.25, -0.2) is 4.79 Å². The van der Waals surface area contributed by atoms with Gasteiger partial charge in [-0.1, -0.05) is 12.1 Å². The molecule has 132 valence electrons. The summed E-state index contributed by atoms with van der Waals surface area (Å²) in [4.78, 5) is 16.8. The number of rotatable bonds is 3. The zero-order valence-electron chi connectivity index (χ0n) is 14.3. The SMILES string of the molecule is C[C@H](NC(=O)N1CCN(C2CCOCC2)CC1)c1cccc(O)c1. The summed E-state index contributed by atoms with van der Waals surface area (Å²) in [5.74, 6) is 0.221. The third kappa shape index (κ3) is 4.19. The highest BCUT2D eigenvalue weighted by atomic mass is 16.5. The molecule has 2 N–H and O–H groups in total. The van der Waals surface area contributed by atoms with Gasteiger partial charge in [-0.15, -0.1) is 0 Å². The van der Waals surface area contributed by atoms with Gasteiger partial charge in [-0.3, -0.25) is 4.90 Å². The van der Waals surface area contributed by atoms with Crippen molar-refractivity contribution in [3.63, 3.8) is 0 Å². The second-order valence-corrected chi connectivity index (χ2v) is 6.63. The van der Waals surface area contributed by atoms with Crippen LogP contribution in [0.15, 0.2) is 24.3 Å². The molecule has 2 amide bonds. The molecule has 3 rings (SSSR count). The zero-order chi connectivity index (χ0) is 16.9. The molecule has 2 fully saturated rings. The number of amides is 2. The number of phenolic OH excluding ortho intramolecular Hbond substituents is 1. The van der Waals surface area contributed by atoms with Crippen molar-refractivity contribution in [2.45, 2.75) is 31.8 Å². The number of benzene rings is 1. The van der Waals surface area contributed by atoms with Gasteiger partial charge in [0.2, 0.25) is 0 Å². The molecule has 2 heterocycles. The van der Waals surface area contributed by atoms with Crippen LogP contribution in [0.25, 0.3) is 0 Å². The van der Waals surface area contributed by atoms with E-state index in [2.05, 4.69) is 10.2 Å². The van der Waals surface area contributed by atoms with E-state index in [1.807, 2.05) is 17.9 Å². The lowest BCUT2D eigenvalue weighted by molar-refractivity contribution is 0.0186. The molecule has 24 heavy (non-hydrogen) atoms. The van der Waals surface area contributed by atoms with E-state index >= 15 is 0 Å². The second kappa shape index (κ2) is 7.85. The number of ether oxygens (including phenoxy) is 1. The van der Waals surface area contributed by atoms with E-state index in [1.54, 1.807) is 18.2 Å². The summed E-state index contributed by atoms with van der Waals surface area (Å²) < 4.78 is 5.43. The maximum atomic E-state index is 12.5. The van der Waals surface area contributed by atoms with Gasteiger partial charge >= 0.3 is 6.03 Å². The summed E-state index contributed by atoms with van der Waals surface area (Å²) in [6, 6.07) is 7.47. The summed E-state index contributed by atoms with van der Waals surface area (Å²) >= 11 is 0. The van der Waals surface area contributed by atoms with Crippen LogP contribution in [0.4, 0.5) is 4.79 Å². The number of carbonyl (C=O) groups excluding carboxylic acids is 1. The Morgan fingerprint density at radius 2 is 1.96 bits per heavy atom. The number of hydrogen-bond acceptors (Lipinski definition) is 4. The summed E-state index contributed by atoms with van der Waals surface area (Å²) in [5.41, 5.74) is 0.907. The van der Waals surface area contributed by atoms with Crippen LogP contribution in [0.1, 0.15) is 31.4 Å². The fraction of sp³-hybridized carbons (Fsp3) is 0.611. The van der Waals surface area contributed by atoms with Gasteiger partial charge in [0.1, 0.15) is 5.75 Å². The van der Waals surface area contributed by atoms with Gasteiger partial charge in [-0.2, -0.15) is 0 Å². The Labute approximate surface area is 143 Å². The predicted octanol–water partition coefficient (Wildman–Crippen LogP) is 1.96. The number of piperazine rings is 1. The van der Waals surface area contributed by atoms with Gasteiger partial charge in [0.25, 0.3) is 0 Å². The van der Waals surface area contributed by atoms with Crippen LogP contribution >= 0.6 is 0 Å². The van der Waals surface area contributed by atoms with Gasteiger partial charge in [0.15, 0.2) is 0 Å². The molecule has 1 aromatic rings. The molecule has 2 aliphatic heterocycles. The molecule has 0 unspecified atom stereocenters. The first-order valence-electron chi connectivity index (χ1n) is 8.79. The topological polar surface area (TPSA) is 65.0 Å². The Kier molecular flexibility index (Phi) is 5.58. The molecular formula is C18H27N3O3. The average Bonchev–Trinajstić information content (AvgIpc) is 2.62. The highest BCUT2D eigenvalue weighted by Crippen LogP contribution is 2.19. The van der Waals surface area contributed by atoms with E-state index < -0.39 is 0 Å². The summed E-state index contributed by atoms with van der Waals surface area (Å²) in [5, 5.41) is 12.6. The first kappa shape index (κ1) is 17.0. The molecule has 0 bridgehead atoms. The molecule has 0 spiro atoms. The van der Waals surface area contributed by atoms with Crippen LogP contribution in [-0.2, 0) is 4.74 Å². The number of nitrogens with zero attached hydrogens (tertiary/aromatic N) is 2. The van der Waals surface area contributed by atoms with Crippen molar-refractivity contribution in [2.24, 2.45) is 0 Å². The molecule has 2 aliphatic rings. The van der Waals surface area contributed by atoms with Crippen LogP contribution in [0.2, 0.25) is 0 Å². The standard InChI is InChI=1S/C18H27N3O3/c1-14(15-3-2-4-17(22)13-15)19-18(23)21-9-7-20(8-10-21)16-5-11-24-12-6-16/h2-4,13-14,16,22H,5-12H2,1H3,(H,19,23)/t14-/m0/s1.